The van der Waals surface area contributed by atoms with Crippen molar-refractivity contribution in [1.82, 2.24) is 10.2 Å². The molecule has 0 unspecified atom stereocenters. The smallest absolute Gasteiger partial charge is 0.387 e. The molecule has 1 heterocycles. The molecule has 1 aromatic carbocycles. The van der Waals surface area contributed by atoms with Crippen LogP contribution in [0, 0.1) is 0 Å². The van der Waals surface area contributed by atoms with Crippen LogP contribution >= 0.6 is 0 Å². The molecule has 132 valence electrons. The fourth-order valence-electron chi connectivity index (χ4n) is 2.71. The van der Waals surface area contributed by atoms with Crippen LogP contribution in [-0.4, -0.2) is 36.4 Å². The summed E-state index contributed by atoms with van der Waals surface area (Å²) in [5.74, 6) is -0.216. The SMILES string of the molecule is C[C@@H](NC(=O)CN1CCCCCC1=O)c1cccc(OC(F)F)c1. The van der Waals surface area contributed by atoms with Gasteiger partial charge in [-0.15, -0.1) is 0 Å². The first-order valence-corrected chi connectivity index (χ1v) is 8.07. The molecule has 7 heteroatoms. The van der Waals surface area contributed by atoms with Crippen molar-refractivity contribution in [3.8, 4) is 5.75 Å². The number of amides is 2. The summed E-state index contributed by atoms with van der Waals surface area (Å²) in [6.07, 6.45) is 3.25. The van der Waals surface area contributed by atoms with Crippen LogP contribution in [0.25, 0.3) is 0 Å². The van der Waals surface area contributed by atoms with Gasteiger partial charge in [-0.25, -0.2) is 0 Å². The molecule has 1 aromatic rings. The molecule has 1 aliphatic heterocycles. The summed E-state index contributed by atoms with van der Waals surface area (Å²) in [6, 6.07) is 5.84. The van der Waals surface area contributed by atoms with Gasteiger partial charge in [-0.1, -0.05) is 18.6 Å². The molecule has 1 aliphatic rings. The van der Waals surface area contributed by atoms with E-state index in [2.05, 4.69) is 10.1 Å². The molecule has 0 aromatic heterocycles. The van der Waals surface area contributed by atoms with Gasteiger partial charge in [0.15, 0.2) is 0 Å². The number of hydrogen-bond donors (Lipinski definition) is 1. The lowest BCUT2D eigenvalue weighted by Crippen LogP contribution is -2.41. The third-order valence-electron chi connectivity index (χ3n) is 3.97. The summed E-state index contributed by atoms with van der Waals surface area (Å²) in [5.41, 5.74) is 0.656. The summed E-state index contributed by atoms with van der Waals surface area (Å²) in [7, 11) is 0. The summed E-state index contributed by atoms with van der Waals surface area (Å²) in [6.45, 7) is -0.516. The monoisotopic (exact) mass is 340 g/mol. The van der Waals surface area contributed by atoms with Gasteiger partial charge in [0, 0.05) is 13.0 Å². The van der Waals surface area contributed by atoms with E-state index < -0.39 is 6.61 Å². The maximum atomic E-state index is 12.3. The van der Waals surface area contributed by atoms with Crippen molar-refractivity contribution in [1.29, 1.82) is 0 Å². The Hall–Kier alpha value is -2.18. The van der Waals surface area contributed by atoms with Gasteiger partial charge in [0.2, 0.25) is 11.8 Å². The van der Waals surface area contributed by atoms with Crippen molar-refractivity contribution in [2.24, 2.45) is 0 Å². The zero-order chi connectivity index (χ0) is 17.5. The van der Waals surface area contributed by atoms with Gasteiger partial charge in [0.25, 0.3) is 0 Å². The summed E-state index contributed by atoms with van der Waals surface area (Å²) in [4.78, 5) is 25.6. The predicted octanol–water partition coefficient (Wildman–Crippen LogP) is 2.87. The van der Waals surface area contributed by atoms with Crippen LogP contribution in [-0.2, 0) is 9.59 Å². The van der Waals surface area contributed by atoms with Crippen LogP contribution < -0.4 is 10.1 Å². The van der Waals surface area contributed by atoms with Gasteiger partial charge in [-0.05, 0) is 37.5 Å². The number of hydrogen-bond acceptors (Lipinski definition) is 3. The van der Waals surface area contributed by atoms with E-state index in [1.807, 2.05) is 0 Å². The molecule has 1 N–H and O–H groups in total. The third-order valence-corrected chi connectivity index (χ3v) is 3.97. The largest absolute Gasteiger partial charge is 0.435 e. The lowest BCUT2D eigenvalue weighted by molar-refractivity contribution is -0.135. The minimum atomic E-state index is -2.89. The van der Waals surface area contributed by atoms with Crippen molar-refractivity contribution < 1.29 is 23.1 Å². The molecule has 2 amide bonds. The summed E-state index contributed by atoms with van der Waals surface area (Å²) >= 11 is 0. The zero-order valence-electron chi connectivity index (χ0n) is 13.6. The molecule has 24 heavy (non-hydrogen) atoms. The molecule has 1 saturated heterocycles. The van der Waals surface area contributed by atoms with Gasteiger partial charge >= 0.3 is 6.61 Å². The molecule has 0 radical (unpaired) electrons. The lowest BCUT2D eigenvalue weighted by Gasteiger charge is -2.22. The molecule has 0 spiro atoms. The zero-order valence-corrected chi connectivity index (χ0v) is 13.6. The number of carbonyl (C=O) groups is 2. The Bertz CT molecular complexity index is 581. The number of nitrogens with one attached hydrogen (secondary N) is 1. The number of nitrogens with zero attached hydrogens (tertiary/aromatic N) is 1. The highest BCUT2D eigenvalue weighted by Crippen LogP contribution is 2.20. The summed E-state index contributed by atoms with van der Waals surface area (Å²) in [5, 5.41) is 2.79. The standard InChI is InChI=1S/C17H22F2N2O3/c1-12(13-6-5-7-14(10-13)24-17(18)19)20-15(22)11-21-9-4-2-3-8-16(21)23/h5-7,10,12,17H,2-4,8-9,11H2,1H3,(H,20,22)/t12-/m1/s1. The van der Waals surface area contributed by atoms with E-state index in [0.717, 1.165) is 19.3 Å². The molecule has 0 saturated carbocycles. The number of ether oxygens (including phenoxy) is 1. The van der Waals surface area contributed by atoms with E-state index in [0.29, 0.717) is 18.5 Å². The van der Waals surface area contributed by atoms with E-state index in [1.54, 1.807) is 24.0 Å². The molecule has 0 bridgehead atoms. The highest BCUT2D eigenvalue weighted by molar-refractivity contribution is 5.85. The Morgan fingerprint density at radius 2 is 2.12 bits per heavy atom. The normalized spacial score (nSPS) is 16.7. The predicted molar refractivity (Wildman–Crippen MR) is 84.7 cm³/mol. The van der Waals surface area contributed by atoms with Crippen LogP contribution in [0.5, 0.6) is 5.75 Å². The first-order chi connectivity index (χ1) is 11.5. The van der Waals surface area contributed by atoms with Gasteiger partial charge in [0.05, 0.1) is 12.6 Å². The van der Waals surface area contributed by atoms with E-state index in [-0.39, 0.29) is 30.2 Å². The number of alkyl halides is 2. The molecular weight excluding hydrogens is 318 g/mol. The first kappa shape index (κ1) is 18.2. The Labute approximate surface area is 140 Å². The maximum Gasteiger partial charge on any atom is 0.387 e. The number of halogens is 2. The van der Waals surface area contributed by atoms with E-state index >= 15 is 0 Å². The van der Waals surface area contributed by atoms with Crippen molar-refractivity contribution in [3.05, 3.63) is 29.8 Å². The molecule has 2 rings (SSSR count). The second kappa shape index (κ2) is 8.61. The third kappa shape index (κ3) is 5.47. The maximum absolute atomic E-state index is 12.3. The van der Waals surface area contributed by atoms with Crippen molar-refractivity contribution >= 4 is 11.8 Å². The van der Waals surface area contributed by atoms with Gasteiger partial charge in [0.1, 0.15) is 5.75 Å². The van der Waals surface area contributed by atoms with Crippen molar-refractivity contribution in [3.63, 3.8) is 0 Å². The number of carbonyl (C=O) groups excluding carboxylic acids is 2. The fourth-order valence-corrected chi connectivity index (χ4v) is 2.71. The highest BCUT2D eigenvalue weighted by atomic mass is 19.3. The first-order valence-electron chi connectivity index (χ1n) is 8.07. The number of benzene rings is 1. The van der Waals surface area contributed by atoms with Gasteiger partial charge < -0.3 is 15.0 Å². The molecule has 1 atom stereocenters. The van der Waals surface area contributed by atoms with Crippen molar-refractivity contribution in [2.45, 2.75) is 45.3 Å². The Morgan fingerprint density at radius 3 is 2.88 bits per heavy atom. The van der Waals surface area contributed by atoms with E-state index in [4.69, 9.17) is 0 Å². The van der Waals surface area contributed by atoms with Crippen LogP contribution in [0.1, 0.15) is 44.2 Å². The number of likely N-dealkylation sites (tertiary alicyclic amines) is 1. The second-order valence-electron chi connectivity index (χ2n) is 5.87. The van der Waals surface area contributed by atoms with Gasteiger partial charge in [-0.2, -0.15) is 8.78 Å². The van der Waals surface area contributed by atoms with Gasteiger partial charge in [-0.3, -0.25) is 9.59 Å². The lowest BCUT2D eigenvalue weighted by atomic mass is 10.1. The minimum Gasteiger partial charge on any atom is -0.435 e. The fraction of sp³-hybridized carbons (Fsp3) is 0.529. The molecule has 5 nitrogen and oxygen atoms in total. The number of rotatable bonds is 6. The van der Waals surface area contributed by atoms with Crippen LogP contribution in [0.3, 0.4) is 0 Å². The van der Waals surface area contributed by atoms with Crippen molar-refractivity contribution in [2.75, 3.05) is 13.1 Å². The Kier molecular flexibility index (Phi) is 6.52. The van der Waals surface area contributed by atoms with E-state index in [1.165, 1.54) is 12.1 Å². The summed E-state index contributed by atoms with van der Waals surface area (Å²) < 4.78 is 28.9. The van der Waals surface area contributed by atoms with Crippen LogP contribution in [0.2, 0.25) is 0 Å². The van der Waals surface area contributed by atoms with Crippen LogP contribution in [0.4, 0.5) is 8.78 Å². The average molecular weight is 340 g/mol. The topological polar surface area (TPSA) is 58.6 Å². The minimum absolute atomic E-state index is 0.00244. The molecular formula is C17H22F2N2O3. The van der Waals surface area contributed by atoms with E-state index in [9.17, 15) is 18.4 Å². The quantitative estimate of drug-likeness (QED) is 0.866. The van der Waals surface area contributed by atoms with Crippen LogP contribution in [0.15, 0.2) is 24.3 Å². The Balaban J connectivity index is 1.92. The highest BCUT2D eigenvalue weighted by Gasteiger charge is 2.20. The Morgan fingerprint density at radius 1 is 1.33 bits per heavy atom. The molecule has 0 aliphatic carbocycles. The average Bonchev–Trinajstić information content (AvgIpc) is 2.72. The second-order valence-corrected chi connectivity index (χ2v) is 5.87. The molecule has 1 fully saturated rings.